The van der Waals surface area contributed by atoms with Gasteiger partial charge in [0.15, 0.2) is 0 Å². The molecule has 0 spiro atoms. The molecule has 2 heteroatoms. The van der Waals surface area contributed by atoms with E-state index in [2.05, 4.69) is 19.1 Å². The van der Waals surface area contributed by atoms with Gasteiger partial charge in [-0.05, 0) is 43.7 Å². The molecule has 0 aliphatic heterocycles. The zero-order valence-electron chi connectivity index (χ0n) is 16.9. The van der Waals surface area contributed by atoms with E-state index in [0.717, 1.165) is 12.8 Å². The summed E-state index contributed by atoms with van der Waals surface area (Å²) in [6, 6.07) is 0. The molecule has 0 amide bonds. The van der Waals surface area contributed by atoms with Crippen LogP contribution >= 0.6 is 11.6 Å². The van der Waals surface area contributed by atoms with Crippen molar-refractivity contribution in [1.29, 1.82) is 0 Å². The van der Waals surface area contributed by atoms with Crippen LogP contribution in [-0.4, -0.2) is 5.24 Å². The number of hydrogen-bond acceptors (Lipinski definition) is 1. The second kappa shape index (κ2) is 21.7. The van der Waals surface area contributed by atoms with E-state index in [-0.39, 0.29) is 5.24 Å². The number of rotatable bonds is 20. The molecular formula is C23H43ClO. The lowest BCUT2D eigenvalue weighted by atomic mass is 10.1. The SMILES string of the molecule is CCCCCCCCCC/C=C/CCCCCCCCCCC(=O)Cl. The maximum absolute atomic E-state index is 10.6. The first-order chi connectivity index (χ1) is 12.3. The molecule has 0 aliphatic carbocycles. The minimum atomic E-state index is -0.185. The number of carbonyl (C=O) groups excluding carboxylic acids is 1. The molecule has 0 saturated heterocycles. The van der Waals surface area contributed by atoms with Crippen molar-refractivity contribution >= 4 is 16.8 Å². The predicted octanol–water partition coefficient (Wildman–Crippen LogP) is 8.74. The predicted molar refractivity (Wildman–Crippen MR) is 113 cm³/mol. The molecule has 0 aromatic carbocycles. The van der Waals surface area contributed by atoms with Crippen molar-refractivity contribution in [3.8, 4) is 0 Å². The van der Waals surface area contributed by atoms with Gasteiger partial charge in [-0.2, -0.15) is 0 Å². The van der Waals surface area contributed by atoms with Gasteiger partial charge in [-0.15, -0.1) is 0 Å². The molecule has 0 fully saturated rings. The van der Waals surface area contributed by atoms with E-state index in [0.29, 0.717) is 6.42 Å². The van der Waals surface area contributed by atoms with Gasteiger partial charge in [0.05, 0.1) is 0 Å². The number of allylic oxidation sites excluding steroid dienone is 2. The van der Waals surface area contributed by atoms with Crippen molar-refractivity contribution in [2.45, 2.75) is 129 Å². The highest BCUT2D eigenvalue weighted by Gasteiger charge is 1.96. The molecule has 0 unspecified atom stereocenters. The minimum Gasteiger partial charge on any atom is -0.281 e. The Balaban J connectivity index is 3.07. The van der Waals surface area contributed by atoms with E-state index in [9.17, 15) is 4.79 Å². The second-order valence-electron chi connectivity index (χ2n) is 7.46. The average molecular weight is 371 g/mol. The van der Waals surface area contributed by atoms with E-state index in [1.807, 2.05) is 0 Å². The lowest BCUT2D eigenvalue weighted by Gasteiger charge is -2.01. The third-order valence-electron chi connectivity index (χ3n) is 4.89. The van der Waals surface area contributed by atoms with E-state index >= 15 is 0 Å². The average Bonchev–Trinajstić information content (AvgIpc) is 2.60. The van der Waals surface area contributed by atoms with Crippen LogP contribution in [-0.2, 0) is 4.79 Å². The summed E-state index contributed by atoms with van der Waals surface area (Å²) in [7, 11) is 0. The summed E-state index contributed by atoms with van der Waals surface area (Å²) >= 11 is 5.32. The lowest BCUT2D eigenvalue weighted by molar-refractivity contribution is -0.111. The first-order valence-corrected chi connectivity index (χ1v) is 11.5. The van der Waals surface area contributed by atoms with E-state index in [1.165, 1.54) is 103 Å². The monoisotopic (exact) mass is 370 g/mol. The van der Waals surface area contributed by atoms with Crippen molar-refractivity contribution in [1.82, 2.24) is 0 Å². The Morgan fingerprint density at radius 1 is 0.600 bits per heavy atom. The van der Waals surface area contributed by atoms with Crippen LogP contribution in [0.4, 0.5) is 0 Å². The summed E-state index contributed by atoms with van der Waals surface area (Å²) in [6.07, 6.45) is 29.3. The Bertz CT molecular complexity index is 298. The normalized spacial score (nSPS) is 11.4. The van der Waals surface area contributed by atoms with Gasteiger partial charge in [-0.25, -0.2) is 0 Å². The van der Waals surface area contributed by atoms with Crippen LogP contribution in [0.1, 0.15) is 129 Å². The van der Waals surface area contributed by atoms with Crippen LogP contribution in [0.2, 0.25) is 0 Å². The van der Waals surface area contributed by atoms with Gasteiger partial charge < -0.3 is 0 Å². The summed E-state index contributed by atoms with van der Waals surface area (Å²) in [5, 5.41) is -0.185. The van der Waals surface area contributed by atoms with Crippen molar-refractivity contribution in [2.75, 3.05) is 0 Å². The first kappa shape index (κ1) is 24.7. The van der Waals surface area contributed by atoms with Crippen LogP contribution < -0.4 is 0 Å². The zero-order valence-corrected chi connectivity index (χ0v) is 17.6. The molecule has 1 nitrogen and oxygen atoms in total. The molecule has 0 radical (unpaired) electrons. The van der Waals surface area contributed by atoms with Crippen molar-refractivity contribution in [2.24, 2.45) is 0 Å². The van der Waals surface area contributed by atoms with Crippen LogP contribution in [0.3, 0.4) is 0 Å². The van der Waals surface area contributed by atoms with Crippen LogP contribution in [0, 0.1) is 0 Å². The topological polar surface area (TPSA) is 17.1 Å². The van der Waals surface area contributed by atoms with Crippen molar-refractivity contribution in [3.63, 3.8) is 0 Å². The number of unbranched alkanes of at least 4 members (excludes halogenated alkanes) is 16. The smallest absolute Gasteiger partial charge is 0.221 e. The van der Waals surface area contributed by atoms with Crippen LogP contribution in [0.5, 0.6) is 0 Å². The third kappa shape index (κ3) is 23.7. The van der Waals surface area contributed by atoms with Gasteiger partial charge in [-0.1, -0.05) is 103 Å². The fourth-order valence-corrected chi connectivity index (χ4v) is 3.35. The molecule has 0 aliphatic rings. The molecule has 0 atom stereocenters. The highest BCUT2D eigenvalue weighted by molar-refractivity contribution is 6.63. The van der Waals surface area contributed by atoms with Gasteiger partial charge in [-0.3, -0.25) is 4.79 Å². The fraction of sp³-hybridized carbons (Fsp3) is 0.870. The Hall–Kier alpha value is -0.300. The van der Waals surface area contributed by atoms with E-state index < -0.39 is 0 Å². The van der Waals surface area contributed by atoms with Gasteiger partial charge >= 0.3 is 0 Å². The number of hydrogen-bond donors (Lipinski definition) is 0. The number of halogens is 1. The quantitative estimate of drug-likeness (QED) is 0.119. The van der Waals surface area contributed by atoms with Crippen LogP contribution in [0.25, 0.3) is 0 Å². The maximum atomic E-state index is 10.6. The highest BCUT2D eigenvalue weighted by atomic mass is 35.5. The molecule has 0 bridgehead atoms. The fourth-order valence-electron chi connectivity index (χ4n) is 3.22. The zero-order chi connectivity index (χ0) is 18.4. The lowest BCUT2D eigenvalue weighted by Crippen LogP contribution is -1.86. The van der Waals surface area contributed by atoms with Gasteiger partial charge in [0.2, 0.25) is 5.24 Å². The third-order valence-corrected chi connectivity index (χ3v) is 5.07. The summed E-state index contributed by atoms with van der Waals surface area (Å²) in [5.41, 5.74) is 0. The minimum absolute atomic E-state index is 0.185. The second-order valence-corrected chi connectivity index (χ2v) is 7.88. The van der Waals surface area contributed by atoms with Crippen molar-refractivity contribution < 1.29 is 4.79 Å². The number of carbonyl (C=O) groups is 1. The summed E-state index contributed by atoms with van der Waals surface area (Å²) in [4.78, 5) is 10.6. The Morgan fingerprint density at radius 3 is 1.36 bits per heavy atom. The Morgan fingerprint density at radius 2 is 0.960 bits per heavy atom. The molecule has 0 N–H and O–H groups in total. The molecule has 0 saturated carbocycles. The van der Waals surface area contributed by atoms with Crippen molar-refractivity contribution in [3.05, 3.63) is 12.2 Å². The van der Waals surface area contributed by atoms with Gasteiger partial charge in [0.25, 0.3) is 0 Å². The summed E-state index contributed by atoms with van der Waals surface area (Å²) < 4.78 is 0. The maximum Gasteiger partial charge on any atom is 0.221 e. The molecule has 0 aromatic rings. The molecule has 25 heavy (non-hydrogen) atoms. The molecule has 0 rings (SSSR count). The van der Waals surface area contributed by atoms with Gasteiger partial charge in [0.1, 0.15) is 0 Å². The Kier molecular flexibility index (Phi) is 21.5. The van der Waals surface area contributed by atoms with E-state index in [1.54, 1.807) is 0 Å². The van der Waals surface area contributed by atoms with Crippen LogP contribution in [0.15, 0.2) is 12.2 Å². The standard InChI is InChI=1S/C23H43ClO/c1-2-3-4-5-6-7-8-9-10-11-12-13-14-15-16-17-18-19-20-21-22-23(24)25/h11-12H,2-10,13-22H2,1H3/b12-11+. The van der Waals surface area contributed by atoms with E-state index in [4.69, 9.17) is 11.6 Å². The molecule has 148 valence electrons. The molecular weight excluding hydrogens is 328 g/mol. The largest absolute Gasteiger partial charge is 0.281 e. The molecule has 0 heterocycles. The summed E-state index contributed by atoms with van der Waals surface area (Å²) in [5.74, 6) is 0. The van der Waals surface area contributed by atoms with Gasteiger partial charge in [0, 0.05) is 6.42 Å². The highest BCUT2D eigenvalue weighted by Crippen LogP contribution is 2.12. The molecule has 0 aromatic heterocycles. The summed E-state index contributed by atoms with van der Waals surface area (Å²) in [6.45, 7) is 2.28. The first-order valence-electron chi connectivity index (χ1n) is 11.1. The Labute approximate surface area is 163 Å².